The molecule has 0 saturated heterocycles. The predicted octanol–water partition coefficient (Wildman–Crippen LogP) is 4.60. The maximum absolute atomic E-state index is 13.4. The summed E-state index contributed by atoms with van der Waals surface area (Å²) in [6, 6.07) is 0. The quantitative estimate of drug-likeness (QED) is 0.0543. The molecule has 0 aromatic heterocycles. The molecule has 266 valence electrons. The van der Waals surface area contributed by atoms with Gasteiger partial charge in [0.05, 0.1) is 38.8 Å². The number of nitrogens with zero attached hydrogens (tertiary/aromatic N) is 2. The minimum Gasteiger partial charge on any atom is -0.329 e. The zero-order valence-electron chi connectivity index (χ0n) is 28.3. The molecule has 0 fully saturated rings. The highest BCUT2D eigenvalue weighted by molar-refractivity contribution is 7.54. The molecule has 0 aromatic rings. The maximum Gasteiger partial charge on any atom is 0.331 e. The van der Waals surface area contributed by atoms with Crippen LogP contribution >= 0.6 is 15.2 Å². The van der Waals surface area contributed by atoms with Gasteiger partial charge >= 0.3 is 15.2 Å². The van der Waals surface area contributed by atoms with Gasteiger partial charge in [-0.15, -0.1) is 0 Å². The highest BCUT2D eigenvalue weighted by atomic mass is 31.2. The second-order valence-electron chi connectivity index (χ2n) is 11.4. The van der Waals surface area contributed by atoms with Crippen LogP contribution in [0.4, 0.5) is 0 Å². The van der Waals surface area contributed by atoms with Gasteiger partial charge in [0.25, 0.3) is 0 Å². The Labute approximate surface area is 270 Å². The Bertz CT molecular complexity index is 658. The van der Waals surface area contributed by atoms with Crippen molar-refractivity contribution < 1.29 is 27.2 Å². The van der Waals surface area contributed by atoms with Crippen LogP contribution in [0.15, 0.2) is 0 Å². The van der Waals surface area contributed by atoms with E-state index in [4.69, 9.17) is 41.0 Å². The minimum absolute atomic E-state index is 0.351. The molecular weight excluding hydrogens is 602 g/mol. The summed E-state index contributed by atoms with van der Waals surface area (Å²) in [6.07, 6.45) is 12.4. The van der Waals surface area contributed by atoms with Gasteiger partial charge < -0.3 is 50.8 Å². The summed E-state index contributed by atoms with van der Waals surface area (Å²) >= 11 is 0. The first-order chi connectivity index (χ1) is 21.3. The normalized spacial score (nSPS) is 14.8. The lowest BCUT2D eigenvalue weighted by Crippen LogP contribution is -2.36. The minimum atomic E-state index is -3.17. The molecule has 0 rings (SSSR count). The van der Waals surface area contributed by atoms with E-state index >= 15 is 0 Å². The third-order valence-electron chi connectivity index (χ3n) is 7.35. The first-order valence-corrected chi connectivity index (χ1v) is 20.8. The molecule has 14 heteroatoms. The van der Waals surface area contributed by atoms with Gasteiger partial charge in [0.2, 0.25) is 0 Å². The third-order valence-corrected chi connectivity index (χ3v) is 11.1. The molecule has 0 amide bonds. The van der Waals surface area contributed by atoms with E-state index in [1.807, 2.05) is 0 Å². The zero-order chi connectivity index (χ0) is 32.8. The van der Waals surface area contributed by atoms with E-state index in [9.17, 15) is 9.13 Å². The van der Waals surface area contributed by atoms with Crippen LogP contribution in [-0.4, -0.2) is 114 Å². The van der Waals surface area contributed by atoms with Crippen LogP contribution < -0.4 is 22.9 Å². The molecule has 0 aliphatic carbocycles. The van der Waals surface area contributed by atoms with Gasteiger partial charge in [-0.3, -0.25) is 9.13 Å². The van der Waals surface area contributed by atoms with Gasteiger partial charge in [-0.25, -0.2) is 0 Å². The first kappa shape index (κ1) is 44.1. The lowest BCUT2D eigenvalue weighted by molar-refractivity contribution is 0.190. The molecule has 8 N–H and O–H groups in total. The van der Waals surface area contributed by atoms with Crippen molar-refractivity contribution in [2.75, 3.05) is 104 Å². The zero-order valence-corrected chi connectivity index (χ0v) is 30.1. The van der Waals surface area contributed by atoms with Gasteiger partial charge in [-0.1, -0.05) is 65.2 Å². The van der Waals surface area contributed by atoms with E-state index in [1.54, 1.807) is 0 Å². The van der Waals surface area contributed by atoms with Crippen molar-refractivity contribution >= 4 is 15.2 Å². The molecule has 12 nitrogen and oxygen atoms in total. The van der Waals surface area contributed by atoms with Crippen molar-refractivity contribution in [1.82, 2.24) is 9.80 Å². The monoisotopic (exact) mass is 672 g/mol. The molecule has 2 atom stereocenters. The molecule has 0 saturated carbocycles. The number of hydrogen-bond donors (Lipinski definition) is 4. The van der Waals surface area contributed by atoms with Crippen LogP contribution in [0, 0.1) is 0 Å². The molecule has 0 aliphatic rings. The second-order valence-corrected chi connectivity index (χ2v) is 15.7. The van der Waals surface area contributed by atoms with E-state index in [1.165, 1.54) is 0 Å². The maximum atomic E-state index is 13.4. The van der Waals surface area contributed by atoms with Crippen LogP contribution in [0.5, 0.6) is 0 Å². The molecule has 0 bridgehead atoms. The fourth-order valence-electron chi connectivity index (χ4n) is 4.69. The fraction of sp³-hybridized carbons (Fsp3) is 1.00. The van der Waals surface area contributed by atoms with E-state index in [0.29, 0.717) is 104 Å². The Morgan fingerprint density at radius 2 is 0.705 bits per heavy atom. The van der Waals surface area contributed by atoms with E-state index < -0.39 is 15.2 Å². The number of rotatable bonds is 35. The van der Waals surface area contributed by atoms with Crippen LogP contribution in [-0.2, 0) is 27.2 Å². The molecule has 0 spiro atoms. The summed E-state index contributed by atoms with van der Waals surface area (Å²) in [5, 5.41) is 0. The SMILES string of the molecule is CCCCCOP(=O)(CCN(CCN)CCN)OCCCCCCCCOP(=O)(CCN(CCN)CCN)OCCCCC. The summed E-state index contributed by atoms with van der Waals surface area (Å²) in [5.74, 6) is 0. The van der Waals surface area contributed by atoms with Crippen molar-refractivity contribution in [2.24, 2.45) is 22.9 Å². The molecule has 0 heterocycles. The molecule has 2 unspecified atom stereocenters. The Balaban J connectivity index is 4.47. The lowest BCUT2D eigenvalue weighted by atomic mass is 10.1. The van der Waals surface area contributed by atoms with Gasteiger partial charge in [-0.05, 0) is 25.7 Å². The smallest absolute Gasteiger partial charge is 0.329 e. The van der Waals surface area contributed by atoms with E-state index in [2.05, 4.69) is 23.6 Å². The summed E-state index contributed by atoms with van der Waals surface area (Å²) in [4.78, 5) is 4.23. The van der Waals surface area contributed by atoms with Gasteiger partial charge in [0.15, 0.2) is 0 Å². The van der Waals surface area contributed by atoms with E-state index in [-0.39, 0.29) is 0 Å². The number of nitrogens with two attached hydrogens (primary N) is 4. The highest BCUT2D eigenvalue weighted by Gasteiger charge is 2.26. The third kappa shape index (κ3) is 25.2. The predicted molar refractivity (Wildman–Crippen MR) is 185 cm³/mol. The van der Waals surface area contributed by atoms with Crippen molar-refractivity contribution in [3.05, 3.63) is 0 Å². The summed E-state index contributed by atoms with van der Waals surface area (Å²) in [6.45, 7) is 12.2. The topological polar surface area (TPSA) is 182 Å². The van der Waals surface area contributed by atoms with Crippen molar-refractivity contribution in [3.63, 3.8) is 0 Å². The largest absolute Gasteiger partial charge is 0.331 e. The summed E-state index contributed by atoms with van der Waals surface area (Å²) in [7, 11) is -6.35. The molecule has 0 aromatic carbocycles. The van der Waals surface area contributed by atoms with Gasteiger partial charge in [0.1, 0.15) is 0 Å². The van der Waals surface area contributed by atoms with Gasteiger partial charge in [0, 0.05) is 65.4 Å². The lowest BCUT2D eigenvalue weighted by Gasteiger charge is -2.24. The van der Waals surface area contributed by atoms with E-state index in [0.717, 1.165) is 77.0 Å². The average molecular weight is 673 g/mol. The molecule has 0 radical (unpaired) electrons. The summed E-state index contributed by atoms with van der Waals surface area (Å²) < 4.78 is 50.2. The van der Waals surface area contributed by atoms with Crippen LogP contribution in [0.2, 0.25) is 0 Å². The molecule has 0 aliphatic heterocycles. The molecule has 44 heavy (non-hydrogen) atoms. The highest BCUT2D eigenvalue weighted by Crippen LogP contribution is 2.49. The van der Waals surface area contributed by atoms with Crippen molar-refractivity contribution in [3.8, 4) is 0 Å². The van der Waals surface area contributed by atoms with Crippen LogP contribution in [0.1, 0.15) is 90.9 Å². The average Bonchev–Trinajstić information content (AvgIpc) is 3.01. The second kappa shape index (κ2) is 30.4. The fourth-order valence-corrected chi connectivity index (χ4v) is 8.04. The molecular formula is C30H70N6O6P2. The van der Waals surface area contributed by atoms with Crippen LogP contribution in [0.25, 0.3) is 0 Å². The standard InChI is InChI=1S/C30H70N6O6P2/c1-3-5-11-25-39-43(37,29-23-35(19-15-31)20-16-32)41-27-13-9-7-8-10-14-28-42-44(38,40-26-12-6-4-2)30-24-36(21-17-33)22-18-34/h3-34H2,1-2H3. The number of hydrogen-bond acceptors (Lipinski definition) is 12. The number of unbranched alkanes of at least 4 members (excludes halogenated alkanes) is 9. The van der Waals surface area contributed by atoms with Gasteiger partial charge in [-0.2, -0.15) is 0 Å². The Morgan fingerprint density at radius 3 is 0.977 bits per heavy atom. The van der Waals surface area contributed by atoms with Crippen molar-refractivity contribution in [2.45, 2.75) is 90.9 Å². The Morgan fingerprint density at radius 1 is 0.432 bits per heavy atom. The first-order valence-electron chi connectivity index (χ1n) is 17.3. The van der Waals surface area contributed by atoms with Crippen molar-refractivity contribution in [1.29, 1.82) is 0 Å². The van der Waals surface area contributed by atoms with Crippen LogP contribution in [0.3, 0.4) is 0 Å². The Hall–Kier alpha value is 0.0600. The summed E-state index contributed by atoms with van der Waals surface area (Å²) in [5.41, 5.74) is 22.9. The Kier molecular flexibility index (Phi) is 30.4.